The van der Waals surface area contributed by atoms with Crippen LogP contribution in [0.2, 0.25) is 0 Å². The Morgan fingerprint density at radius 3 is 3.15 bits per heavy atom. The van der Waals surface area contributed by atoms with Gasteiger partial charge in [0.25, 0.3) is 0 Å². The quantitative estimate of drug-likeness (QED) is 0.388. The average Bonchev–Trinajstić information content (AvgIpc) is 2.78. The molecular weight excluding hydrogens is 174 g/mol. The van der Waals surface area contributed by atoms with Crippen molar-refractivity contribution in [2.75, 3.05) is 6.61 Å². The fraction of sp³-hybridized carbons (Fsp3) is 0.571. The summed E-state index contributed by atoms with van der Waals surface area (Å²) in [4.78, 5) is 14.0. The first kappa shape index (κ1) is 8.18. The molecule has 1 aromatic rings. The number of rotatable bonds is 3. The monoisotopic (exact) mass is 183 g/mol. The molecule has 0 spiro atoms. The van der Waals surface area contributed by atoms with Gasteiger partial charge in [0.2, 0.25) is 0 Å². The summed E-state index contributed by atoms with van der Waals surface area (Å²) in [6.07, 6.45) is 1.41. The van der Waals surface area contributed by atoms with E-state index in [9.17, 15) is 10.1 Å². The number of aromatic nitrogens is 2. The largest absolute Gasteiger partial charge is 0.369 e. The van der Waals surface area contributed by atoms with Gasteiger partial charge in [0.1, 0.15) is 18.8 Å². The van der Waals surface area contributed by atoms with Gasteiger partial charge in [-0.3, -0.25) is 0 Å². The van der Waals surface area contributed by atoms with E-state index in [0.717, 1.165) is 0 Å². The van der Waals surface area contributed by atoms with E-state index in [1.807, 2.05) is 0 Å². The van der Waals surface area contributed by atoms with Crippen molar-refractivity contribution < 1.29 is 9.66 Å². The van der Waals surface area contributed by atoms with Crippen LogP contribution in [0.5, 0.6) is 0 Å². The van der Waals surface area contributed by atoms with Crippen LogP contribution in [0.25, 0.3) is 0 Å². The summed E-state index contributed by atoms with van der Waals surface area (Å²) in [7, 11) is 0. The summed E-state index contributed by atoms with van der Waals surface area (Å²) >= 11 is 0. The Kier molecular flexibility index (Phi) is 1.77. The molecule has 6 heteroatoms. The van der Waals surface area contributed by atoms with Gasteiger partial charge in [-0.2, -0.15) is 0 Å². The zero-order chi connectivity index (χ0) is 9.42. The number of hydrogen-bond donors (Lipinski definition) is 0. The second-order valence-electron chi connectivity index (χ2n) is 2.99. The SMILES string of the molecule is Cc1ncc([N+](=O)[O-])n1C[C@H]1CO1. The number of ether oxygens (including phenoxy) is 1. The Hall–Kier alpha value is -1.43. The molecule has 0 bridgehead atoms. The summed E-state index contributed by atoms with van der Waals surface area (Å²) in [6, 6.07) is 0. The van der Waals surface area contributed by atoms with E-state index in [1.165, 1.54) is 6.20 Å². The second-order valence-corrected chi connectivity index (χ2v) is 2.99. The summed E-state index contributed by atoms with van der Waals surface area (Å²) in [5.41, 5.74) is 0. The normalized spacial score (nSPS) is 20.2. The fourth-order valence-corrected chi connectivity index (χ4v) is 1.20. The van der Waals surface area contributed by atoms with Crippen molar-refractivity contribution in [2.24, 2.45) is 0 Å². The molecule has 0 saturated carbocycles. The lowest BCUT2D eigenvalue weighted by molar-refractivity contribution is -0.392. The lowest BCUT2D eigenvalue weighted by atomic mass is 10.4. The van der Waals surface area contributed by atoms with E-state index in [-0.39, 0.29) is 11.9 Å². The van der Waals surface area contributed by atoms with Crippen molar-refractivity contribution in [3.63, 3.8) is 0 Å². The highest BCUT2D eigenvalue weighted by molar-refractivity contribution is 5.19. The summed E-state index contributed by atoms with van der Waals surface area (Å²) in [6.45, 7) is 2.96. The molecule has 1 atom stereocenters. The van der Waals surface area contributed by atoms with Crippen molar-refractivity contribution in [3.8, 4) is 0 Å². The van der Waals surface area contributed by atoms with E-state index in [0.29, 0.717) is 19.0 Å². The van der Waals surface area contributed by atoms with Gasteiger partial charge in [-0.1, -0.05) is 0 Å². The van der Waals surface area contributed by atoms with E-state index < -0.39 is 4.92 Å². The van der Waals surface area contributed by atoms with Crippen LogP contribution in [0.15, 0.2) is 6.20 Å². The van der Waals surface area contributed by atoms with Crippen molar-refractivity contribution in [2.45, 2.75) is 19.6 Å². The minimum Gasteiger partial charge on any atom is -0.369 e. The zero-order valence-corrected chi connectivity index (χ0v) is 7.14. The summed E-state index contributed by atoms with van der Waals surface area (Å²) < 4.78 is 6.57. The van der Waals surface area contributed by atoms with E-state index in [2.05, 4.69) is 4.98 Å². The van der Waals surface area contributed by atoms with Gasteiger partial charge in [0.15, 0.2) is 5.82 Å². The zero-order valence-electron chi connectivity index (χ0n) is 7.14. The maximum Gasteiger partial charge on any atom is 0.342 e. The first-order valence-corrected chi connectivity index (χ1v) is 3.96. The summed E-state index contributed by atoms with van der Waals surface area (Å²) in [5.74, 6) is 0.690. The second kappa shape index (κ2) is 2.81. The number of hydrogen-bond acceptors (Lipinski definition) is 4. The van der Waals surface area contributed by atoms with E-state index >= 15 is 0 Å². The predicted octanol–water partition coefficient (Wildman–Crippen LogP) is 0.499. The number of epoxide rings is 1. The number of imidazole rings is 1. The van der Waals surface area contributed by atoms with E-state index in [4.69, 9.17) is 4.74 Å². The van der Waals surface area contributed by atoms with Crippen LogP contribution in [-0.2, 0) is 11.3 Å². The third-order valence-electron chi connectivity index (χ3n) is 2.01. The highest BCUT2D eigenvalue weighted by Crippen LogP contribution is 2.19. The van der Waals surface area contributed by atoms with Gasteiger partial charge >= 0.3 is 5.82 Å². The number of aryl methyl sites for hydroxylation is 1. The predicted molar refractivity (Wildman–Crippen MR) is 43.4 cm³/mol. The standard InChI is InChI=1S/C7H9N3O3/c1-5-8-2-7(10(11)12)9(5)3-6-4-13-6/h2,6H,3-4H2,1H3/t6-/m0/s1. The molecule has 0 unspecified atom stereocenters. The lowest BCUT2D eigenvalue weighted by Crippen LogP contribution is -2.09. The molecule has 1 aromatic heterocycles. The topological polar surface area (TPSA) is 73.5 Å². The fourth-order valence-electron chi connectivity index (χ4n) is 1.20. The van der Waals surface area contributed by atoms with Crippen molar-refractivity contribution in [1.29, 1.82) is 0 Å². The molecule has 2 heterocycles. The third kappa shape index (κ3) is 1.52. The van der Waals surface area contributed by atoms with Gasteiger partial charge in [-0.05, 0) is 4.92 Å². The molecule has 0 aliphatic carbocycles. The van der Waals surface area contributed by atoms with Crippen LogP contribution in [0.3, 0.4) is 0 Å². The molecule has 1 saturated heterocycles. The molecule has 0 amide bonds. The average molecular weight is 183 g/mol. The number of nitrogens with zero attached hydrogens (tertiary/aromatic N) is 3. The molecule has 1 aliphatic rings. The molecule has 70 valence electrons. The van der Waals surface area contributed by atoms with E-state index in [1.54, 1.807) is 11.5 Å². The van der Waals surface area contributed by atoms with Crippen LogP contribution >= 0.6 is 0 Å². The first-order valence-electron chi connectivity index (χ1n) is 3.96. The van der Waals surface area contributed by atoms with Crippen LogP contribution in [0.1, 0.15) is 5.82 Å². The molecular formula is C7H9N3O3. The smallest absolute Gasteiger partial charge is 0.342 e. The maximum atomic E-state index is 10.5. The highest BCUT2D eigenvalue weighted by Gasteiger charge is 2.29. The molecule has 13 heavy (non-hydrogen) atoms. The minimum atomic E-state index is -0.428. The van der Waals surface area contributed by atoms with Crippen molar-refractivity contribution >= 4 is 5.82 Å². The van der Waals surface area contributed by atoms with Crippen LogP contribution < -0.4 is 0 Å². The van der Waals surface area contributed by atoms with Crippen molar-refractivity contribution in [1.82, 2.24) is 9.55 Å². The molecule has 0 N–H and O–H groups in total. The Balaban J connectivity index is 2.27. The van der Waals surface area contributed by atoms with Gasteiger partial charge < -0.3 is 14.9 Å². The van der Waals surface area contributed by atoms with Crippen LogP contribution in [0, 0.1) is 17.0 Å². The van der Waals surface area contributed by atoms with Crippen molar-refractivity contribution in [3.05, 3.63) is 22.1 Å². The molecule has 0 aromatic carbocycles. The van der Waals surface area contributed by atoms with Crippen LogP contribution in [-0.4, -0.2) is 27.2 Å². The van der Waals surface area contributed by atoms with Gasteiger partial charge in [0, 0.05) is 6.92 Å². The van der Waals surface area contributed by atoms with Crippen LogP contribution in [0.4, 0.5) is 5.82 Å². The lowest BCUT2D eigenvalue weighted by Gasteiger charge is -1.98. The molecule has 6 nitrogen and oxygen atoms in total. The van der Waals surface area contributed by atoms with Gasteiger partial charge in [-0.25, -0.2) is 9.55 Å². The first-order chi connectivity index (χ1) is 6.18. The number of nitro groups is 1. The Morgan fingerprint density at radius 2 is 2.62 bits per heavy atom. The molecule has 2 rings (SSSR count). The Morgan fingerprint density at radius 1 is 1.92 bits per heavy atom. The molecule has 0 radical (unpaired) electrons. The Labute approximate surface area is 74.3 Å². The minimum absolute atomic E-state index is 0.0352. The highest BCUT2D eigenvalue weighted by atomic mass is 16.6. The Bertz CT molecular complexity index is 343. The maximum absolute atomic E-state index is 10.5. The molecule has 1 fully saturated rings. The van der Waals surface area contributed by atoms with Gasteiger partial charge in [0.05, 0.1) is 6.61 Å². The van der Waals surface area contributed by atoms with Gasteiger partial charge in [-0.15, -0.1) is 0 Å². The third-order valence-corrected chi connectivity index (χ3v) is 2.01. The summed E-state index contributed by atoms with van der Waals surface area (Å²) in [5, 5.41) is 10.5. The molecule has 1 aliphatic heterocycles.